The van der Waals surface area contributed by atoms with Crippen molar-refractivity contribution in [2.45, 2.75) is 24.4 Å². The number of nitro groups is 1. The van der Waals surface area contributed by atoms with E-state index < -0.39 is 34.6 Å². The molecule has 0 unspecified atom stereocenters. The third-order valence-corrected chi connectivity index (χ3v) is 5.51. The highest BCUT2D eigenvalue weighted by molar-refractivity contribution is 9.10. The third kappa shape index (κ3) is 4.78. The lowest BCUT2D eigenvalue weighted by molar-refractivity contribution is -0.386. The van der Waals surface area contributed by atoms with Gasteiger partial charge in [0.25, 0.3) is 5.69 Å². The van der Waals surface area contributed by atoms with Crippen molar-refractivity contribution in [3.8, 4) is 0 Å². The number of carbonyl (C=O) groups excluding carboxylic acids is 1. The van der Waals surface area contributed by atoms with Gasteiger partial charge in [-0.3, -0.25) is 19.9 Å². The van der Waals surface area contributed by atoms with Crippen LogP contribution < -0.4 is 0 Å². The number of halogens is 4. The van der Waals surface area contributed by atoms with Crippen LogP contribution in [-0.4, -0.2) is 26.4 Å². The Hall–Kier alpha value is -2.53. The molecule has 0 N–H and O–H groups in total. The van der Waals surface area contributed by atoms with Crippen LogP contribution in [0.2, 0.25) is 0 Å². The summed E-state index contributed by atoms with van der Waals surface area (Å²) < 4.78 is 39.3. The maximum atomic E-state index is 12.9. The van der Waals surface area contributed by atoms with Crippen molar-refractivity contribution in [1.29, 1.82) is 0 Å². The molecule has 1 aromatic carbocycles. The molecule has 0 aliphatic rings. The van der Waals surface area contributed by atoms with E-state index in [9.17, 15) is 28.1 Å². The third-order valence-electron chi connectivity index (χ3n) is 4.11. The molecule has 2 aromatic heterocycles. The number of alkyl halides is 3. The molecule has 11 heteroatoms. The second-order valence-corrected chi connectivity index (χ2v) is 8.37. The van der Waals surface area contributed by atoms with E-state index in [1.807, 2.05) is 19.1 Å². The van der Waals surface area contributed by atoms with Gasteiger partial charge in [0.05, 0.1) is 22.4 Å². The second kappa shape index (κ2) is 8.68. The summed E-state index contributed by atoms with van der Waals surface area (Å²) in [5.41, 5.74) is -1.80. The van der Waals surface area contributed by atoms with Crippen molar-refractivity contribution >= 4 is 50.1 Å². The molecule has 0 bridgehead atoms. The lowest BCUT2D eigenvalue weighted by Gasteiger charge is -2.10. The molecule has 0 fully saturated rings. The number of fused-ring (bicyclic) bond motifs is 1. The fourth-order valence-electron chi connectivity index (χ4n) is 2.75. The van der Waals surface area contributed by atoms with E-state index in [1.165, 1.54) is 11.8 Å². The summed E-state index contributed by atoms with van der Waals surface area (Å²) >= 11 is 4.72. The highest BCUT2D eigenvalue weighted by Crippen LogP contribution is 2.33. The van der Waals surface area contributed by atoms with Crippen LogP contribution in [0.3, 0.4) is 0 Å². The summed E-state index contributed by atoms with van der Waals surface area (Å²) in [7, 11) is 0. The standard InChI is InChI=1S/C19H13BrF3N3O3S/c1-2-30-17-5-10-3-4-12(20)7-13(10)25-18(17)16(27)8-14-15(26(28)29)6-11(9-24-14)19(21,22)23/h3-7,9H,2,8H2,1H3. The van der Waals surface area contributed by atoms with Gasteiger partial charge in [-0.1, -0.05) is 28.9 Å². The van der Waals surface area contributed by atoms with Crippen molar-refractivity contribution < 1.29 is 22.9 Å². The predicted molar refractivity (Wildman–Crippen MR) is 110 cm³/mol. The number of hydrogen-bond acceptors (Lipinski definition) is 6. The lowest BCUT2D eigenvalue weighted by Crippen LogP contribution is -2.13. The van der Waals surface area contributed by atoms with Crippen molar-refractivity contribution in [3.05, 3.63) is 68.1 Å². The summed E-state index contributed by atoms with van der Waals surface area (Å²) in [4.78, 5) is 31.8. The first-order valence-electron chi connectivity index (χ1n) is 8.57. The number of benzene rings is 1. The molecule has 0 radical (unpaired) electrons. The van der Waals surface area contributed by atoms with Gasteiger partial charge in [-0.15, -0.1) is 11.8 Å². The fourth-order valence-corrected chi connectivity index (χ4v) is 3.92. The highest BCUT2D eigenvalue weighted by Gasteiger charge is 2.34. The van der Waals surface area contributed by atoms with Gasteiger partial charge in [-0.25, -0.2) is 4.98 Å². The topological polar surface area (TPSA) is 86.0 Å². The Kier molecular flexibility index (Phi) is 6.41. The molecule has 0 amide bonds. The SMILES string of the molecule is CCSc1cc2ccc(Br)cc2nc1C(=O)Cc1ncc(C(F)(F)F)cc1[N+](=O)[O-]. The molecule has 0 aliphatic carbocycles. The van der Waals surface area contributed by atoms with Crippen molar-refractivity contribution in [3.63, 3.8) is 0 Å². The summed E-state index contributed by atoms with van der Waals surface area (Å²) in [6.07, 6.45) is -4.83. The van der Waals surface area contributed by atoms with Crippen LogP contribution in [0.1, 0.15) is 28.7 Å². The number of Topliss-reactive ketones (excluding diaryl/α,β-unsaturated/α-hetero) is 1. The van der Waals surface area contributed by atoms with Crippen LogP contribution in [0, 0.1) is 10.1 Å². The molecule has 6 nitrogen and oxygen atoms in total. The number of carbonyl (C=O) groups is 1. The fraction of sp³-hybridized carbons (Fsp3) is 0.211. The number of hydrogen-bond donors (Lipinski definition) is 0. The van der Waals surface area contributed by atoms with Crippen LogP contribution in [0.4, 0.5) is 18.9 Å². The molecule has 0 saturated heterocycles. The maximum absolute atomic E-state index is 12.9. The molecule has 0 atom stereocenters. The first-order valence-corrected chi connectivity index (χ1v) is 10.3. The normalized spacial score (nSPS) is 11.6. The van der Waals surface area contributed by atoms with Crippen molar-refractivity contribution in [2.75, 3.05) is 5.75 Å². The average molecular weight is 500 g/mol. The zero-order chi connectivity index (χ0) is 22.1. The van der Waals surface area contributed by atoms with Gasteiger partial charge in [-0.2, -0.15) is 13.2 Å². The predicted octanol–water partition coefficient (Wildman–Crippen LogP) is 5.86. The van der Waals surface area contributed by atoms with Crippen LogP contribution in [0.25, 0.3) is 10.9 Å². The lowest BCUT2D eigenvalue weighted by atomic mass is 10.1. The van der Waals surface area contributed by atoms with Gasteiger partial charge in [-0.05, 0) is 24.0 Å². The number of ketones is 1. The number of pyridine rings is 2. The number of nitrogens with zero attached hydrogens (tertiary/aromatic N) is 3. The van der Waals surface area contributed by atoms with Gasteiger partial charge in [0, 0.05) is 27.0 Å². The number of rotatable bonds is 6. The smallest absolute Gasteiger partial charge is 0.292 e. The molecule has 2 heterocycles. The molecule has 3 aromatic rings. The van der Waals surface area contributed by atoms with Gasteiger partial charge in [0.15, 0.2) is 5.78 Å². The first-order chi connectivity index (χ1) is 14.1. The second-order valence-electron chi connectivity index (χ2n) is 6.15. The summed E-state index contributed by atoms with van der Waals surface area (Å²) in [6, 6.07) is 7.59. The largest absolute Gasteiger partial charge is 0.418 e. The van der Waals surface area contributed by atoms with E-state index in [0.29, 0.717) is 28.4 Å². The molecular formula is C19H13BrF3N3O3S. The molecule has 0 aliphatic heterocycles. The monoisotopic (exact) mass is 499 g/mol. The van der Waals surface area contributed by atoms with Crippen LogP contribution in [-0.2, 0) is 12.6 Å². The summed E-state index contributed by atoms with van der Waals surface area (Å²) in [5.74, 6) is 0.0889. The zero-order valence-corrected chi connectivity index (χ0v) is 17.8. The zero-order valence-electron chi connectivity index (χ0n) is 15.4. The van der Waals surface area contributed by atoms with Crippen LogP contribution >= 0.6 is 27.7 Å². The van der Waals surface area contributed by atoms with Gasteiger partial charge in [0.1, 0.15) is 11.4 Å². The Morgan fingerprint density at radius 2 is 2.00 bits per heavy atom. The summed E-state index contributed by atoms with van der Waals surface area (Å²) in [6.45, 7) is 1.90. The quantitative estimate of drug-likeness (QED) is 0.183. The van der Waals surface area contributed by atoms with E-state index in [1.54, 1.807) is 12.1 Å². The molecule has 3 rings (SSSR count). The van der Waals surface area contributed by atoms with E-state index in [0.717, 1.165) is 9.86 Å². The molecule has 0 saturated carbocycles. The van der Waals surface area contributed by atoms with E-state index in [-0.39, 0.29) is 11.4 Å². The van der Waals surface area contributed by atoms with Gasteiger partial charge in [0.2, 0.25) is 0 Å². The Morgan fingerprint density at radius 3 is 2.63 bits per heavy atom. The highest BCUT2D eigenvalue weighted by atomic mass is 79.9. The minimum absolute atomic E-state index is 0.100. The molecule has 156 valence electrons. The van der Waals surface area contributed by atoms with Gasteiger partial charge < -0.3 is 0 Å². The van der Waals surface area contributed by atoms with Crippen LogP contribution in [0.15, 0.2) is 45.9 Å². The number of aromatic nitrogens is 2. The van der Waals surface area contributed by atoms with E-state index >= 15 is 0 Å². The molecule has 30 heavy (non-hydrogen) atoms. The molecule has 0 spiro atoms. The maximum Gasteiger partial charge on any atom is 0.418 e. The van der Waals surface area contributed by atoms with E-state index in [2.05, 4.69) is 25.9 Å². The van der Waals surface area contributed by atoms with Crippen molar-refractivity contribution in [1.82, 2.24) is 9.97 Å². The Balaban J connectivity index is 2.04. The van der Waals surface area contributed by atoms with Gasteiger partial charge >= 0.3 is 6.18 Å². The summed E-state index contributed by atoms with van der Waals surface area (Å²) in [5, 5.41) is 12.1. The Labute approximate surface area is 181 Å². The van der Waals surface area contributed by atoms with Crippen molar-refractivity contribution in [2.24, 2.45) is 0 Å². The Morgan fingerprint density at radius 1 is 1.27 bits per heavy atom. The molecular weight excluding hydrogens is 487 g/mol. The van der Waals surface area contributed by atoms with Crippen LogP contribution in [0.5, 0.6) is 0 Å². The average Bonchev–Trinajstić information content (AvgIpc) is 2.67. The minimum Gasteiger partial charge on any atom is -0.292 e. The Bertz CT molecular complexity index is 1160. The van der Waals surface area contributed by atoms with E-state index in [4.69, 9.17) is 0 Å². The minimum atomic E-state index is -4.78. The first kappa shape index (κ1) is 22.2. The number of thioether (sulfide) groups is 1.